The van der Waals surface area contributed by atoms with Crippen molar-refractivity contribution < 1.29 is 9.53 Å². The molecule has 7 nitrogen and oxygen atoms in total. The lowest BCUT2D eigenvalue weighted by Crippen LogP contribution is -2.41. The molecule has 0 fully saturated rings. The molecule has 2 N–H and O–H groups in total. The SMILES string of the molecule is CCn1c2c(c(=O)[nH]c1=O)C(c1ccc(OC)cc1)C1=C(CC(C)(C)CC1=O)N2. The fourth-order valence-corrected chi connectivity index (χ4v) is 4.49. The van der Waals surface area contributed by atoms with Crippen molar-refractivity contribution in [1.82, 2.24) is 9.55 Å². The number of nitrogens with one attached hydrogen (secondary N) is 2. The summed E-state index contributed by atoms with van der Waals surface area (Å²) in [6.45, 7) is 6.36. The Bertz CT molecular complexity index is 1140. The molecule has 4 rings (SSSR count). The Hall–Kier alpha value is -3.09. The number of ether oxygens (including phenoxy) is 1. The smallest absolute Gasteiger partial charge is 0.329 e. The zero-order valence-corrected chi connectivity index (χ0v) is 17.1. The van der Waals surface area contributed by atoms with E-state index in [4.69, 9.17) is 4.74 Å². The Morgan fingerprint density at radius 2 is 1.83 bits per heavy atom. The van der Waals surface area contributed by atoms with Gasteiger partial charge in [-0.15, -0.1) is 0 Å². The van der Waals surface area contributed by atoms with Gasteiger partial charge in [0.15, 0.2) is 5.78 Å². The van der Waals surface area contributed by atoms with E-state index in [-0.39, 0.29) is 11.2 Å². The molecule has 2 heterocycles. The quantitative estimate of drug-likeness (QED) is 0.834. The van der Waals surface area contributed by atoms with Gasteiger partial charge in [-0.3, -0.25) is 19.1 Å². The first-order valence-corrected chi connectivity index (χ1v) is 9.80. The van der Waals surface area contributed by atoms with Crippen molar-refractivity contribution in [1.29, 1.82) is 0 Å². The molecule has 152 valence electrons. The maximum absolute atomic E-state index is 13.2. The van der Waals surface area contributed by atoms with Crippen molar-refractivity contribution in [3.05, 3.63) is 67.5 Å². The fraction of sp³-hybridized carbons (Fsp3) is 0.409. The van der Waals surface area contributed by atoms with E-state index in [1.165, 1.54) is 4.57 Å². The molecule has 7 heteroatoms. The molecule has 0 bridgehead atoms. The number of hydrogen-bond donors (Lipinski definition) is 2. The minimum Gasteiger partial charge on any atom is -0.497 e. The molecule has 1 aromatic heterocycles. The Morgan fingerprint density at radius 3 is 2.45 bits per heavy atom. The zero-order chi connectivity index (χ0) is 20.9. The van der Waals surface area contributed by atoms with E-state index in [0.717, 1.165) is 11.3 Å². The molecule has 29 heavy (non-hydrogen) atoms. The van der Waals surface area contributed by atoms with Gasteiger partial charge < -0.3 is 10.1 Å². The highest BCUT2D eigenvalue weighted by Gasteiger charge is 2.42. The number of aromatic amines is 1. The van der Waals surface area contributed by atoms with Gasteiger partial charge in [-0.25, -0.2) is 4.79 Å². The number of hydrogen-bond acceptors (Lipinski definition) is 5. The minimum atomic E-state index is -0.530. The average molecular weight is 395 g/mol. The van der Waals surface area contributed by atoms with E-state index in [1.54, 1.807) is 7.11 Å². The van der Waals surface area contributed by atoms with Crippen LogP contribution < -0.4 is 21.3 Å². The van der Waals surface area contributed by atoms with Gasteiger partial charge in [0.2, 0.25) is 0 Å². The van der Waals surface area contributed by atoms with E-state index >= 15 is 0 Å². The minimum absolute atomic E-state index is 0.0314. The number of carbonyl (C=O) groups is 1. The molecule has 1 atom stereocenters. The van der Waals surface area contributed by atoms with Crippen LogP contribution in [0.5, 0.6) is 5.75 Å². The number of ketones is 1. The highest BCUT2D eigenvalue weighted by molar-refractivity contribution is 6.01. The number of allylic oxidation sites excluding steroid dienone is 2. The second-order valence-electron chi connectivity index (χ2n) is 8.43. The van der Waals surface area contributed by atoms with E-state index in [0.29, 0.717) is 42.1 Å². The molecule has 0 saturated carbocycles. The van der Waals surface area contributed by atoms with Crippen molar-refractivity contribution >= 4 is 11.6 Å². The van der Waals surface area contributed by atoms with Crippen LogP contribution in [0.3, 0.4) is 0 Å². The van der Waals surface area contributed by atoms with E-state index < -0.39 is 17.2 Å². The van der Waals surface area contributed by atoms with Crippen molar-refractivity contribution in [2.24, 2.45) is 5.41 Å². The number of anilines is 1. The lowest BCUT2D eigenvalue weighted by Gasteiger charge is -2.39. The Balaban J connectivity index is 2.02. The number of benzene rings is 1. The molecule has 1 aliphatic carbocycles. The van der Waals surface area contributed by atoms with Crippen molar-refractivity contribution in [2.45, 2.75) is 46.1 Å². The van der Waals surface area contributed by atoms with Crippen LogP contribution in [0.1, 0.15) is 50.7 Å². The predicted molar refractivity (Wildman–Crippen MR) is 111 cm³/mol. The number of carbonyl (C=O) groups excluding carboxylic acids is 1. The zero-order valence-electron chi connectivity index (χ0n) is 17.1. The summed E-state index contributed by atoms with van der Waals surface area (Å²) in [7, 11) is 1.59. The number of methoxy groups -OCH3 is 1. The first-order valence-electron chi connectivity index (χ1n) is 9.80. The van der Waals surface area contributed by atoms with Crippen LogP contribution in [0.25, 0.3) is 0 Å². The Morgan fingerprint density at radius 1 is 1.14 bits per heavy atom. The van der Waals surface area contributed by atoms with Crippen LogP contribution in [-0.4, -0.2) is 22.4 Å². The molecule has 0 amide bonds. The predicted octanol–water partition coefficient (Wildman–Crippen LogP) is 2.77. The molecule has 2 aliphatic rings. The monoisotopic (exact) mass is 395 g/mol. The largest absolute Gasteiger partial charge is 0.497 e. The molecule has 0 saturated heterocycles. The molecule has 2 aromatic rings. The van der Waals surface area contributed by atoms with Gasteiger partial charge in [0.1, 0.15) is 11.6 Å². The third-order valence-electron chi connectivity index (χ3n) is 5.77. The van der Waals surface area contributed by atoms with Crippen LogP contribution in [0.2, 0.25) is 0 Å². The maximum Gasteiger partial charge on any atom is 0.329 e. The second kappa shape index (κ2) is 6.76. The number of nitrogens with zero attached hydrogens (tertiary/aromatic N) is 1. The fourth-order valence-electron chi connectivity index (χ4n) is 4.49. The summed E-state index contributed by atoms with van der Waals surface area (Å²) in [5.74, 6) is 0.675. The van der Waals surface area contributed by atoms with Crippen LogP contribution in [-0.2, 0) is 11.3 Å². The van der Waals surface area contributed by atoms with Crippen LogP contribution in [0.4, 0.5) is 5.82 Å². The van der Waals surface area contributed by atoms with Crippen LogP contribution in [0, 0.1) is 5.41 Å². The van der Waals surface area contributed by atoms with E-state index in [2.05, 4.69) is 24.1 Å². The third-order valence-corrected chi connectivity index (χ3v) is 5.77. The summed E-state index contributed by atoms with van der Waals surface area (Å²) in [4.78, 5) is 40.9. The Kier molecular flexibility index (Phi) is 4.48. The van der Waals surface area contributed by atoms with Gasteiger partial charge in [-0.05, 0) is 36.5 Å². The van der Waals surface area contributed by atoms with E-state index in [1.807, 2.05) is 31.2 Å². The molecule has 1 aromatic carbocycles. The maximum atomic E-state index is 13.2. The average Bonchev–Trinajstić information content (AvgIpc) is 2.66. The third kappa shape index (κ3) is 3.10. The van der Waals surface area contributed by atoms with Gasteiger partial charge in [0, 0.05) is 30.2 Å². The van der Waals surface area contributed by atoms with Crippen LogP contribution in [0.15, 0.2) is 45.1 Å². The molecule has 0 radical (unpaired) electrons. The van der Waals surface area contributed by atoms with E-state index in [9.17, 15) is 14.4 Å². The number of rotatable bonds is 3. The van der Waals surface area contributed by atoms with Gasteiger partial charge in [-0.2, -0.15) is 0 Å². The van der Waals surface area contributed by atoms with Crippen LogP contribution >= 0.6 is 0 Å². The Labute approximate surface area is 168 Å². The van der Waals surface area contributed by atoms with Gasteiger partial charge in [0.05, 0.1) is 12.7 Å². The second-order valence-corrected chi connectivity index (χ2v) is 8.43. The lowest BCUT2D eigenvalue weighted by atomic mass is 9.69. The summed E-state index contributed by atoms with van der Waals surface area (Å²) in [5, 5.41) is 3.29. The summed E-state index contributed by atoms with van der Waals surface area (Å²) in [6, 6.07) is 7.38. The lowest BCUT2D eigenvalue weighted by molar-refractivity contribution is -0.118. The highest BCUT2D eigenvalue weighted by atomic mass is 16.5. The topological polar surface area (TPSA) is 93.2 Å². The standard InChI is InChI=1S/C22H25N3O4/c1-5-25-19-18(20(27)24-21(25)28)16(12-6-8-13(29-4)9-7-12)17-14(23-19)10-22(2,3)11-15(17)26/h6-9,16,23H,5,10-11H2,1-4H3,(H,24,27,28). The summed E-state index contributed by atoms with van der Waals surface area (Å²) in [6.07, 6.45) is 1.09. The first kappa shape index (κ1) is 19.2. The van der Waals surface area contributed by atoms with Gasteiger partial charge >= 0.3 is 5.69 Å². The first-order chi connectivity index (χ1) is 13.8. The van der Waals surface area contributed by atoms with Crippen molar-refractivity contribution in [3.8, 4) is 5.75 Å². The summed E-state index contributed by atoms with van der Waals surface area (Å²) >= 11 is 0. The summed E-state index contributed by atoms with van der Waals surface area (Å²) in [5.41, 5.74) is 1.53. The number of Topliss-reactive ketones (excluding diaryl/α,β-unsaturated/α-hetero) is 1. The van der Waals surface area contributed by atoms with Gasteiger partial charge in [-0.1, -0.05) is 26.0 Å². The number of fused-ring (bicyclic) bond motifs is 1. The number of aromatic nitrogens is 2. The molecule has 1 unspecified atom stereocenters. The molecule has 1 aliphatic heterocycles. The van der Waals surface area contributed by atoms with Gasteiger partial charge in [0.25, 0.3) is 5.56 Å². The van der Waals surface area contributed by atoms with Crippen molar-refractivity contribution in [2.75, 3.05) is 12.4 Å². The molecular weight excluding hydrogens is 370 g/mol. The highest BCUT2D eigenvalue weighted by Crippen LogP contribution is 2.47. The normalized spacial score (nSPS) is 20.0. The number of H-pyrrole nitrogens is 1. The molecule has 0 spiro atoms. The molecular formula is C22H25N3O4. The summed E-state index contributed by atoms with van der Waals surface area (Å²) < 4.78 is 6.77. The van der Waals surface area contributed by atoms with Crippen molar-refractivity contribution in [3.63, 3.8) is 0 Å².